The molecule has 0 spiro atoms. The fraction of sp³-hybridized carbons (Fsp3) is 0.429. The first-order chi connectivity index (χ1) is 4.97. The van der Waals surface area contributed by atoms with E-state index < -0.39 is 0 Å². The van der Waals surface area contributed by atoms with Crippen molar-refractivity contribution in [3.05, 3.63) is 24.3 Å². The van der Waals surface area contributed by atoms with Crippen molar-refractivity contribution in [3.8, 4) is 0 Å². The first-order valence-corrected chi connectivity index (χ1v) is 3.44. The normalized spacial score (nSPS) is 18.4. The summed E-state index contributed by atoms with van der Waals surface area (Å²) in [7, 11) is 0. The van der Waals surface area contributed by atoms with Crippen LogP contribution in [0.4, 0.5) is 0 Å². The van der Waals surface area contributed by atoms with E-state index in [1.54, 1.807) is 12.4 Å². The van der Waals surface area contributed by atoms with Crippen LogP contribution in [-0.4, -0.2) is 23.1 Å². The Morgan fingerprint density at radius 1 is 1.30 bits per heavy atom. The molecule has 0 unspecified atom stereocenters. The molecule has 0 amide bonds. The maximum absolute atomic E-state index is 4.15. The number of aromatic nitrogens is 2. The number of nitrogens with one attached hydrogen (secondary N) is 1. The quantitative estimate of drug-likeness (QED) is 0.596. The Hall–Kier alpha value is -0.960. The summed E-state index contributed by atoms with van der Waals surface area (Å²) in [6.45, 7) is 2.06. The van der Waals surface area contributed by atoms with Crippen molar-refractivity contribution in [2.45, 2.75) is 5.92 Å². The van der Waals surface area contributed by atoms with Crippen LogP contribution in [-0.2, 0) is 0 Å². The van der Waals surface area contributed by atoms with Gasteiger partial charge in [-0.1, -0.05) is 0 Å². The molecule has 0 aromatic carbocycles. The van der Waals surface area contributed by atoms with Crippen LogP contribution in [0.15, 0.2) is 18.5 Å². The van der Waals surface area contributed by atoms with Gasteiger partial charge in [-0.2, -0.15) is 0 Å². The molecule has 1 fully saturated rings. The van der Waals surface area contributed by atoms with Gasteiger partial charge in [-0.25, -0.2) is 9.97 Å². The molecule has 1 N–H and O–H groups in total. The molecule has 1 saturated heterocycles. The van der Waals surface area contributed by atoms with E-state index in [0.29, 0.717) is 5.92 Å². The lowest BCUT2D eigenvalue weighted by atomic mass is 10.0. The van der Waals surface area contributed by atoms with Gasteiger partial charge in [0.2, 0.25) is 0 Å². The van der Waals surface area contributed by atoms with E-state index in [2.05, 4.69) is 15.3 Å². The highest BCUT2D eigenvalue weighted by Crippen LogP contribution is 2.13. The van der Waals surface area contributed by atoms with Crippen LogP contribution in [0.25, 0.3) is 0 Å². The lowest BCUT2D eigenvalue weighted by Crippen LogP contribution is -2.40. The van der Waals surface area contributed by atoms with E-state index in [4.69, 9.17) is 0 Å². The summed E-state index contributed by atoms with van der Waals surface area (Å²) in [6.07, 6.45) is 3.58. The van der Waals surface area contributed by atoms with Crippen molar-refractivity contribution in [1.82, 2.24) is 15.3 Å². The Morgan fingerprint density at radius 2 is 2.00 bits per heavy atom. The van der Waals surface area contributed by atoms with Crippen molar-refractivity contribution in [2.24, 2.45) is 0 Å². The summed E-state index contributed by atoms with van der Waals surface area (Å²) in [5.74, 6) is 1.53. The molecule has 2 rings (SSSR count). The molecular weight excluding hydrogens is 126 g/mol. The van der Waals surface area contributed by atoms with E-state index >= 15 is 0 Å². The maximum atomic E-state index is 4.15. The molecule has 3 heteroatoms. The van der Waals surface area contributed by atoms with Crippen molar-refractivity contribution >= 4 is 0 Å². The number of rotatable bonds is 1. The zero-order valence-corrected chi connectivity index (χ0v) is 5.62. The third kappa shape index (κ3) is 0.885. The Kier molecular flexibility index (Phi) is 1.36. The highest BCUT2D eigenvalue weighted by molar-refractivity contribution is 5.03. The van der Waals surface area contributed by atoms with Gasteiger partial charge in [0.25, 0.3) is 0 Å². The molecular formula is C7H9N3. The molecule has 1 aliphatic heterocycles. The summed E-state index contributed by atoms with van der Waals surface area (Å²) in [4.78, 5) is 8.30. The average molecular weight is 135 g/mol. The maximum Gasteiger partial charge on any atom is 0.133 e. The molecule has 0 bridgehead atoms. The first-order valence-electron chi connectivity index (χ1n) is 3.44. The second kappa shape index (κ2) is 2.34. The average Bonchev–Trinajstić information content (AvgIpc) is 1.86. The fourth-order valence-corrected chi connectivity index (χ4v) is 0.993. The monoisotopic (exact) mass is 135 g/mol. The van der Waals surface area contributed by atoms with Crippen LogP contribution in [0.3, 0.4) is 0 Å². The van der Waals surface area contributed by atoms with Crippen LogP contribution in [0, 0.1) is 0 Å². The van der Waals surface area contributed by atoms with E-state index in [-0.39, 0.29) is 0 Å². The molecule has 52 valence electrons. The minimum absolute atomic E-state index is 0.557. The number of nitrogens with zero attached hydrogens (tertiary/aromatic N) is 2. The van der Waals surface area contributed by atoms with E-state index in [0.717, 1.165) is 18.9 Å². The van der Waals surface area contributed by atoms with Crippen LogP contribution in [0.5, 0.6) is 0 Å². The van der Waals surface area contributed by atoms with E-state index in [1.807, 2.05) is 6.07 Å². The molecule has 0 aliphatic carbocycles. The van der Waals surface area contributed by atoms with Gasteiger partial charge in [-0.3, -0.25) is 0 Å². The van der Waals surface area contributed by atoms with Crippen molar-refractivity contribution in [2.75, 3.05) is 13.1 Å². The molecule has 0 saturated carbocycles. The minimum atomic E-state index is 0.557. The highest BCUT2D eigenvalue weighted by atomic mass is 15.0. The van der Waals surface area contributed by atoms with E-state index in [1.165, 1.54) is 0 Å². The Labute approximate surface area is 59.5 Å². The van der Waals surface area contributed by atoms with Gasteiger partial charge in [0.05, 0.1) is 0 Å². The van der Waals surface area contributed by atoms with Crippen LogP contribution < -0.4 is 5.32 Å². The number of hydrogen-bond donors (Lipinski definition) is 1. The van der Waals surface area contributed by atoms with Crippen molar-refractivity contribution < 1.29 is 0 Å². The smallest absolute Gasteiger partial charge is 0.133 e. The molecule has 2 heterocycles. The minimum Gasteiger partial charge on any atom is -0.315 e. The topological polar surface area (TPSA) is 37.8 Å². The molecule has 3 nitrogen and oxygen atoms in total. The number of hydrogen-bond acceptors (Lipinski definition) is 3. The van der Waals surface area contributed by atoms with Gasteiger partial charge in [-0.05, 0) is 6.07 Å². The second-order valence-electron chi connectivity index (χ2n) is 2.46. The summed E-state index contributed by atoms with van der Waals surface area (Å²) < 4.78 is 0. The zero-order chi connectivity index (χ0) is 6.81. The Balaban J connectivity index is 2.18. The second-order valence-corrected chi connectivity index (χ2v) is 2.46. The summed E-state index contributed by atoms with van der Waals surface area (Å²) in [6, 6.07) is 1.84. The highest BCUT2D eigenvalue weighted by Gasteiger charge is 2.20. The lowest BCUT2D eigenvalue weighted by molar-refractivity contribution is 0.430. The predicted octanol–water partition coefficient (Wildman–Crippen LogP) is 0.163. The Morgan fingerprint density at radius 3 is 2.50 bits per heavy atom. The van der Waals surface area contributed by atoms with Gasteiger partial charge in [0.1, 0.15) is 5.82 Å². The van der Waals surface area contributed by atoms with Crippen LogP contribution in [0.2, 0.25) is 0 Å². The van der Waals surface area contributed by atoms with Crippen molar-refractivity contribution in [1.29, 1.82) is 0 Å². The molecule has 10 heavy (non-hydrogen) atoms. The van der Waals surface area contributed by atoms with Crippen LogP contribution >= 0.6 is 0 Å². The molecule has 1 aliphatic rings. The molecule has 1 aromatic heterocycles. The molecule has 1 aromatic rings. The van der Waals surface area contributed by atoms with Gasteiger partial charge in [0.15, 0.2) is 0 Å². The molecule has 0 radical (unpaired) electrons. The van der Waals surface area contributed by atoms with E-state index in [9.17, 15) is 0 Å². The Bertz CT molecular complexity index is 205. The third-order valence-electron chi connectivity index (χ3n) is 1.73. The van der Waals surface area contributed by atoms with Crippen LogP contribution in [0.1, 0.15) is 11.7 Å². The standard InChI is InChI=1S/C7H9N3/c1-2-9-7(10-3-1)6-4-8-5-6/h1-3,6,8H,4-5H2. The van der Waals surface area contributed by atoms with Gasteiger partial charge in [0, 0.05) is 31.4 Å². The predicted molar refractivity (Wildman–Crippen MR) is 37.6 cm³/mol. The molecule has 0 atom stereocenters. The fourth-order valence-electron chi connectivity index (χ4n) is 0.993. The SMILES string of the molecule is c1cnc(C2CNC2)nc1. The first kappa shape index (κ1) is 5.80. The largest absolute Gasteiger partial charge is 0.315 e. The third-order valence-corrected chi connectivity index (χ3v) is 1.73. The summed E-state index contributed by atoms with van der Waals surface area (Å²) in [5.41, 5.74) is 0. The van der Waals surface area contributed by atoms with Gasteiger partial charge in [-0.15, -0.1) is 0 Å². The summed E-state index contributed by atoms with van der Waals surface area (Å²) in [5, 5.41) is 3.18. The van der Waals surface area contributed by atoms with Gasteiger partial charge < -0.3 is 5.32 Å². The van der Waals surface area contributed by atoms with Crippen molar-refractivity contribution in [3.63, 3.8) is 0 Å². The lowest BCUT2D eigenvalue weighted by Gasteiger charge is -2.24. The zero-order valence-electron chi connectivity index (χ0n) is 5.62. The summed E-state index contributed by atoms with van der Waals surface area (Å²) >= 11 is 0. The van der Waals surface area contributed by atoms with Gasteiger partial charge >= 0.3 is 0 Å².